The van der Waals surface area contributed by atoms with Crippen LogP contribution in [0, 0.1) is 3.57 Å². The van der Waals surface area contributed by atoms with E-state index in [-0.39, 0.29) is 17.6 Å². The Labute approximate surface area is 227 Å². The number of nitrogens with zero attached hydrogens (tertiary/aromatic N) is 2. The molecule has 0 radical (unpaired) electrons. The Balaban J connectivity index is 1.49. The summed E-state index contributed by atoms with van der Waals surface area (Å²) in [6.07, 6.45) is 5.02. The molecule has 5 rings (SSSR count). The molecular weight excluding hydrogens is 575 g/mol. The number of amides is 1. The quantitative estimate of drug-likeness (QED) is 0.351. The summed E-state index contributed by atoms with van der Waals surface area (Å²) >= 11 is 8.74. The molecule has 3 aliphatic rings. The van der Waals surface area contributed by atoms with Crippen LogP contribution in [0.2, 0.25) is 5.02 Å². The lowest BCUT2D eigenvalue weighted by Gasteiger charge is -2.42. The molecule has 1 spiro atoms. The maximum absolute atomic E-state index is 13.0. The fraction of sp³-hybridized carbons (Fsp3) is 0.536. The second-order valence-electron chi connectivity index (χ2n) is 11.2. The zero-order valence-corrected chi connectivity index (χ0v) is 23.7. The molecule has 0 unspecified atom stereocenters. The van der Waals surface area contributed by atoms with Crippen LogP contribution in [0.1, 0.15) is 57.6 Å². The van der Waals surface area contributed by atoms with Crippen LogP contribution in [-0.4, -0.2) is 48.9 Å². The number of rotatable bonds is 2. The van der Waals surface area contributed by atoms with Gasteiger partial charge in [-0.3, -0.25) is 0 Å². The van der Waals surface area contributed by atoms with E-state index in [1.165, 1.54) is 14.7 Å². The first-order valence-electron chi connectivity index (χ1n) is 12.6. The van der Waals surface area contributed by atoms with Gasteiger partial charge < -0.3 is 19.3 Å². The van der Waals surface area contributed by atoms with Gasteiger partial charge in [-0.25, -0.2) is 4.79 Å². The summed E-state index contributed by atoms with van der Waals surface area (Å²) in [6, 6.07) is 12.9. The molecule has 2 atom stereocenters. The van der Waals surface area contributed by atoms with Crippen molar-refractivity contribution in [1.29, 1.82) is 0 Å². The van der Waals surface area contributed by atoms with Crippen molar-refractivity contribution in [1.82, 2.24) is 4.90 Å². The van der Waals surface area contributed by atoms with Gasteiger partial charge in [-0.05, 0) is 117 Å². The van der Waals surface area contributed by atoms with Crippen LogP contribution in [0.4, 0.5) is 10.5 Å². The molecule has 0 aromatic heterocycles. The lowest BCUT2D eigenvalue weighted by molar-refractivity contribution is 0.0230. The van der Waals surface area contributed by atoms with Gasteiger partial charge in [0.15, 0.2) is 0 Å². The van der Waals surface area contributed by atoms with E-state index in [0.717, 1.165) is 68.2 Å². The number of benzene rings is 2. The van der Waals surface area contributed by atoms with Gasteiger partial charge in [0.2, 0.25) is 0 Å². The highest BCUT2D eigenvalue weighted by Gasteiger charge is 2.43. The van der Waals surface area contributed by atoms with Gasteiger partial charge in [0.25, 0.3) is 0 Å². The van der Waals surface area contributed by atoms with Crippen molar-refractivity contribution in [2.24, 2.45) is 0 Å². The number of fused-ring (bicyclic) bond motifs is 3. The minimum Gasteiger partial charge on any atom is -0.490 e. The number of aryl methyl sites for hydroxylation is 1. The fourth-order valence-electron chi connectivity index (χ4n) is 5.93. The highest BCUT2D eigenvalue weighted by molar-refractivity contribution is 14.1. The number of hydrogen-bond acceptors (Lipinski definition) is 4. The molecule has 2 aromatic rings. The van der Waals surface area contributed by atoms with Gasteiger partial charge in [0.1, 0.15) is 11.4 Å². The van der Waals surface area contributed by atoms with Crippen molar-refractivity contribution < 1.29 is 14.3 Å². The van der Waals surface area contributed by atoms with Crippen molar-refractivity contribution in [3.63, 3.8) is 0 Å². The molecule has 0 saturated carbocycles. The Bertz CT molecular complexity index is 1120. The van der Waals surface area contributed by atoms with Gasteiger partial charge >= 0.3 is 6.09 Å². The summed E-state index contributed by atoms with van der Waals surface area (Å²) in [6.45, 7) is 8.79. The van der Waals surface area contributed by atoms with Crippen LogP contribution in [0.25, 0.3) is 0 Å². The maximum atomic E-state index is 13.0. The van der Waals surface area contributed by atoms with E-state index in [1.807, 2.05) is 31.7 Å². The highest BCUT2D eigenvalue weighted by atomic mass is 127. The Morgan fingerprint density at radius 3 is 2.86 bits per heavy atom. The van der Waals surface area contributed by atoms with Gasteiger partial charge in [0, 0.05) is 33.6 Å². The Morgan fingerprint density at radius 2 is 2.06 bits per heavy atom. The maximum Gasteiger partial charge on any atom is 0.410 e. The first kappa shape index (κ1) is 25.0. The Kier molecular flexibility index (Phi) is 6.90. The first-order valence-corrected chi connectivity index (χ1v) is 14.1. The van der Waals surface area contributed by atoms with Crippen LogP contribution in [-0.2, 0) is 16.6 Å². The molecule has 1 fully saturated rings. The lowest BCUT2D eigenvalue weighted by atomic mass is 9.70. The zero-order valence-electron chi connectivity index (χ0n) is 20.8. The molecule has 7 heteroatoms. The largest absolute Gasteiger partial charge is 0.490 e. The molecule has 2 heterocycles. The SMILES string of the molecule is CC(C)(C)OC(=O)N1CCC[C@H]1CN1C[C@@]2(CCCc3cc(Cl)ccc32)COc2ccc(I)cc21. The van der Waals surface area contributed by atoms with Crippen molar-refractivity contribution >= 4 is 46.0 Å². The van der Waals surface area contributed by atoms with E-state index in [0.29, 0.717) is 6.61 Å². The average Bonchev–Trinajstić information content (AvgIpc) is 3.19. The second kappa shape index (κ2) is 9.66. The van der Waals surface area contributed by atoms with Gasteiger partial charge in [-0.1, -0.05) is 17.7 Å². The number of halogens is 2. The molecule has 2 aliphatic heterocycles. The summed E-state index contributed by atoms with van der Waals surface area (Å²) in [5.41, 5.74) is 3.20. The summed E-state index contributed by atoms with van der Waals surface area (Å²) in [5, 5.41) is 0.795. The summed E-state index contributed by atoms with van der Waals surface area (Å²) in [7, 11) is 0. The summed E-state index contributed by atoms with van der Waals surface area (Å²) < 4.78 is 13.5. The second-order valence-corrected chi connectivity index (χ2v) is 12.9. The van der Waals surface area contributed by atoms with Crippen molar-refractivity contribution in [2.75, 3.05) is 31.1 Å². The minimum atomic E-state index is -0.499. The number of hydrogen-bond donors (Lipinski definition) is 0. The molecule has 5 nitrogen and oxygen atoms in total. The van der Waals surface area contributed by atoms with E-state index in [4.69, 9.17) is 21.1 Å². The van der Waals surface area contributed by atoms with Crippen molar-refractivity contribution in [3.8, 4) is 5.75 Å². The third kappa shape index (κ3) is 5.24. The van der Waals surface area contributed by atoms with Crippen molar-refractivity contribution in [3.05, 3.63) is 56.1 Å². The standard InChI is InChI=1S/C28H34ClIN2O3/c1-27(2,3)35-26(33)32-13-5-7-22(32)16-31-17-28(18-34-25-11-9-21(30)15-24(25)31)12-4-6-19-14-20(29)8-10-23(19)28/h8-11,14-15,22H,4-7,12-13,16-18H2,1-3H3/t22-,28-/m0/s1. The average molecular weight is 609 g/mol. The third-order valence-electron chi connectivity index (χ3n) is 7.44. The lowest BCUT2D eigenvalue weighted by Crippen LogP contribution is -2.50. The zero-order chi connectivity index (χ0) is 24.8. The monoisotopic (exact) mass is 608 g/mol. The number of anilines is 1. The van der Waals surface area contributed by atoms with Crippen LogP contribution in [0.15, 0.2) is 36.4 Å². The number of carbonyl (C=O) groups is 1. The fourth-order valence-corrected chi connectivity index (χ4v) is 6.60. The summed E-state index contributed by atoms with van der Waals surface area (Å²) in [5.74, 6) is 0.921. The van der Waals surface area contributed by atoms with E-state index in [2.05, 4.69) is 57.8 Å². The van der Waals surface area contributed by atoms with E-state index in [1.54, 1.807) is 0 Å². The Hall–Kier alpha value is -1.67. The predicted octanol–water partition coefficient (Wildman–Crippen LogP) is 6.82. The molecule has 0 N–H and O–H groups in total. The van der Waals surface area contributed by atoms with Crippen LogP contribution in [0.3, 0.4) is 0 Å². The molecule has 2 aromatic carbocycles. The van der Waals surface area contributed by atoms with Crippen molar-refractivity contribution in [2.45, 2.75) is 69.9 Å². The molecule has 0 bridgehead atoms. The smallest absolute Gasteiger partial charge is 0.410 e. The Morgan fingerprint density at radius 1 is 1.23 bits per heavy atom. The molecular formula is C28H34ClIN2O3. The minimum absolute atomic E-state index is 0.110. The molecule has 1 aliphatic carbocycles. The molecule has 35 heavy (non-hydrogen) atoms. The third-order valence-corrected chi connectivity index (χ3v) is 8.34. The molecule has 1 amide bonds. The first-order chi connectivity index (χ1) is 16.6. The predicted molar refractivity (Wildman–Crippen MR) is 149 cm³/mol. The number of likely N-dealkylation sites (tertiary alicyclic amines) is 1. The number of carbonyl (C=O) groups excluding carboxylic acids is 1. The number of ether oxygens (including phenoxy) is 2. The summed E-state index contributed by atoms with van der Waals surface area (Å²) in [4.78, 5) is 17.4. The topological polar surface area (TPSA) is 42.0 Å². The molecule has 188 valence electrons. The normalized spacial score (nSPS) is 24.0. The van der Waals surface area contributed by atoms with Crippen LogP contribution >= 0.6 is 34.2 Å². The van der Waals surface area contributed by atoms with Crippen LogP contribution in [0.5, 0.6) is 5.75 Å². The highest BCUT2D eigenvalue weighted by Crippen LogP contribution is 2.45. The van der Waals surface area contributed by atoms with E-state index < -0.39 is 5.60 Å². The van der Waals surface area contributed by atoms with E-state index >= 15 is 0 Å². The van der Waals surface area contributed by atoms with Gasteiger partial charge in [-0.2, -0.15) is 0 Å². The molecule has 1 saturated heterocycles. The van der Waals surface area contributed by atoms with Gasteiger partial charge in [0.05, 0.1) is 18.3 Å². The van der Waals surface area contributed by atoms with Crippen LogP contribution < -0.4 is 9.64 Å². The van der Waals surface area contributed by atoms with E-state index in [9.17, 15) is 4.79 Å². The van der Waals surface area contributed by atoms with Gasteiger partial charge in [-0.15, -0.1) is 0 Å².